The van der Waals surface area contributed by atoms with Crippen molar-refractivity contribution in [3.8, 4) is 5.75 Å². The highest BCUT2D eigenvalue weighted by atomic mass is 16.5. The molecule has 0 aliphatic heterocycles. The molecule has 9 nitrogen and oxygen atoms in total. The average Bonchev–Trinajstić information content (AvgIpc) is 3.29. The lowest BCUT2D eigenvalue weighted by Crippen LogP contribution is -2.35. The van der Waals surface area contributed by atoms with E-state index in [1.54, 1.807) is 48.2 Å². The molecule has 3 amide bonds. The zero-order chi connectivity index (χ0) is 23.8. The Morgan fingerprint density at radius 1 is 1.15 bits per heavy atom. The van der Waals surface area contributed by atoms with Crippen molar-refractivity contribution in [2.75, 3.05) is 23.1 Å². The lowest BCUT2D eigenvalue weighted by atomic mass is 9.80. The van der Waals surface area contributed by atoms with Crippen LogP contribution in [-0.2, 0) is 0 Å². The number of aromatic nitrogens is 2. The smallest absolute Gasteiger partial charge is 0.323 e. The number of hydrogen-bond donors (Lipinski definition) is 4. The van der Waals surface area contributed by atoms with E-state index in [2.05, 4.69) is 41.8 Å². The lowest BCUT2D eigenvalue weighted by Gasteiger charge is -2.33. The van der Waals surface area contributed by atoms with E-state index < -0.39 is 11.9 Å². The summed E-state index contributed by atoms with van der Waals surface area (Å²) in [5.41, 5.74) is 8.50. The quantitative estimate of drug-likeness (QED) is 0.445. The first-order valence-electron chi connectivity index (χ1n) is 11.0. The number of ether oxygens (including phenoxy) is 1. The van der Waals surface area contributed by atoms with Crippen molar-refractivity contribution in [2.45, 2.75) is 39.7 Å². The number of nitrogens with two attached hydrogens (primary N) is 1. The monoisotopic (exact) mass is 450 g/mol. The molecule has 1 aliphatic carbocycles. The van der Waals surface area contributed by atoms with Crippen molar-refractivity contribution in [2.24, 2.45) is 17.1 Å². The van der Waals surface area contributed by atoms with Crippen molar-refractivity contribution in [3.05, 3.63) is 48.3 Å². The largest absolute Gasteiger partial charge is 0.497 e. The minimum Gasteiger partial charge on any atom is -0.497 e. The number of carbonyl (C=O) groups excluding carboxylic acids is 2. The van der Waals surface area contributed by atoms with Gasteiger partial charge in [0, 0.05) is 11.7 Å². The summed E-state index contributed by atoms with van der Waals surface area (Å²) < 4.78 is 6.76. The number of nitrogens with one attached hydrogen (secondary N) is 3. The Bertz CT molecular complexity index is 1180. The van der Waals surface area contributed by atoms with Crippen LogP contribution in [0.4, 0.5) is 21.9 Å². The highest BCUT2D eigenvalue weighted by Crippen LogP contribution is 2.44. The van der Waals surface area contributed by atoms with E-state index in [4.69, 9.17) is 10.5 Å². The third-order valence-corrected chi connectivity index (χ3v) is 6.88. The fraction of sp³-hybridized carbons (Fsp3) is 0.375. The van der Waals surface area contributed by atoms with Crippen LogP contribution < -0.4 is 26.4 Å². The van der Waals surface area contributed by atoms with Crippen LogP contribution in [-0.4, -0.2) is 34.7 Å². The Morgan fingerprint density at radius 2 is 1.85 bits per heavy atom. The van der Waals surface area contributed by atoms with Crippen LogP contribution in [0.2, 0.25) is 0 Å². The van der Waals surface area contributed by atoms with Gasteiger partial charge in [0.05, 0.1) is 42.0 Å². The Hall–Kier alpha value is -3.75. The van der Waals surface area contributed by atoms with E-state index in [9.17, 15) is 9.59 Å². The summed E-state index contributed by atoms with van der Waals surface area (Å²) in [6.07, 6.45) is 5.26. The van der Waals surface area contributed by atoms with Crippen LogP contribution >= 0.6 is 0 Å². The molecule has 0 unspecified atom stereocenters. The predicted molar refractivity (Wildman–Crippen MR) is 129 cm³/mol. The Balaban J connectivity index is 1.59. The Labute approximate surface area is 192 Å². The molecule has 1 fully saturated rings. The van der Waals surface area contributed by atoms with Gasteiger partial charge in [0.15, 0.2) is 0 Å². The third kappa shape index (κ3) is 4.44. The summed E-state index contributed by atoms with van der Waals surface area (Å²) in [7, 11) is 1.59. The van der Waals surface area contributed by atoms with Gasteiger partial charge in [-0.15, -0.1) is 0 Å². The number of rotatable bonds is 6. The van der Waals surface area contributed by atoms with Gasteiger partial charge in [-0.25, -0.2) is 9.31 Å². The molecule has 0 saturated heterocycles. The molecule has 174 valence electrons. The van der Waals surface area contributed by atoms with Gasteiger partial charge in [-0.3, -0.25) is 4.79 Å². The van der Waals surface area contributed by atoms with Gasteiger partial charge in [0.2, 0.25) is 0 Å². The summed E-state index contributed by atoms with van der Waals surface area (Å²) in [4.78, 5) is 24.6. The number of anilines is 3. The van der Waals surface area contributed by atoms with Gasteiger partial charge in [-0.05, 0) is 54.5 Å². The van der Waals surface area contributed by atoms with E-state index in [1.165, 1.54) is 6.20 Å². The molecule has 0 radical (unpaired) electrons. The lowest BCUT2D eigenvalue weighted by molar-refractivity contribution is 0.100. The minimum absolute atomic E-state index is 0.0566. The minimum atomic E-state index is -0.552. The number of amides is 3. The maximum absolute atomic E-state index is 12.5. The molecule has 33 heavy (non-hydrogen) atoms. The maximum atomic E-state index is 12.5. The molecule has 0 bridgehead atoms. The zero-order valence-corrected chi connectivity index (χ0v) is 19.3. The summed E-state index contributed by atoms with van der Waals surface area (Å²) in [6.45, 7) is 6.72. The number of primary amides is 1. The molecule has 2 aromatic heterocycles. The van der Waals surface area contributed by atoms with Gasteiger partial charge in [0.25, 0.3) is 5.91 Å². The number of fused-ring (bicyclic) bond motifs is 1. The van der Waals surface area contributed by atoms with E-state index in [0.29, 0.717) is 39.8 Å². The first kappa shape index (κ1) is 22.4. The molecule has 4 rings (SSSR count). The van der Waals surface area contributed by atoms with E-state index in [1.807, 2.05) is 0 Å². The molecule has 0 spiro atoms. The summed E-state index contributed by atoms with van der Waals surface area (Å²) in [6, 6.07) is 8.60. The molecular weight excluding hydrogens is 420 g/mol. The number of carbonyl (C=O) groups is 2. The van der Waals surface area contributed by atoms with Crippen LogP contribution in [0.5, 0.6) is 5.75 Å². The highest BCUT2D eigenvalue weighted by molar-refractivity contribution is 6.04. The molecular formula is C24H30N6O3. The zero-order valence-electron chi connectivity index (χ0n) is 19.3. The first-order valence-corrected chi connectivity index (χ1v) is 11.0. The van der Waals surface area contributed by atoms with Gasteiger partial charge in [0.1, 0.15) is 5.75 Å². The number of methoxy groups -OCH3 is 1. The summed E-state index contributed by atoms with van der Waals surface area (Å²) >= 11 is 0. The van der Waals surface area contributed by atoms with Gasteiger partial charge >= 0.3 is 6.03 Å². The Kier molecular flexibility index (Phi) is 5.88. The van der Waals surface area contributed by atoms with Crippen molar-refractivity contribution < 1.29 is 14.3 Å². The van der Waals surface area contributed by atoms with Crippen LogP contribution in [0.25, 0.3) is 5.52 Å². The van der Waals surface area contributed by atoms with E-state index in [0.717, 1.165) is 12.8 Å². The topological polar surface area (TPSA) is 123 Å². The molecule has 2 heterocycles. The van der Waals surface area contributed by atoms with Gasteiger partial charge in [-0.2, -0.15) is 5.10 Å². The standard InChI is InChI=1S/C24H30N6O3/c1-14-5-10-20(24(14,2)3)29-21-18(22(25)31)12-26-30-13-16(11-19(21)30)28-23(32)27-15-6-8-17(33-4)9-7-15/h6-9,11-14,20,29H,5,10H2,1-4H3,(H2,25,31)(H2,27,28,32)/t14-,20+/m0/s1. The number of benzene rings is 1. The fourth-order valence-electron chi connectivity index (χ4n) is 4.37. The second-order valence-electron chi connectivity index (χ2n) is 9.16. The van der Waals surface area contributed by atoms with Crippen LogP contribution in [0.1, 0.15) is 44.0 Å². The molecule has 1 saturated carbocycles. The fourth-order valence-corrected chi connectivity index (χ4v) is 4.37. The van der Waals surface area contributed by atoms with Crippen molar-refractivity contribution in [1.82, 2.24) is 9.61 Å². The maximum Gasteiger partial charge on any atom is 0.323 e. The average molecular weight is 451 g/mol. The van der Waals surface area contributed by atoms with E-state index >= 15 is 0 Å². The van der Waals surface area contributed by atoms with Gasteiger partial charge < -0.3 is 26.4 Å². The number of hydrogen-bond acceptors (Lipinski definition) is 5. The predicted octanol–water partition coefficient (Wildman–Crippen LogP) is 4.32. The molecule has 5 N–H and O–H groups in total. The van der Waals surface area contributed by atoms with Crippen LogP contribution in [0.15, 0.2) is 42.7 Å². The second kappa shape index (κ2) is 8.65. The second-order valence-corrected chi connectivity index (χ2v) is 9.16. The van der Waals surface area contributed by atoms with Crippen LogP contribution in [0, 0.1) is 11.3 Å². The normalized spacial score (nSPS) is 19.3. The number of nitrogens with zero attached hydrogens (tertiary/aromatic N) is 2. The molecule has 3 aromatic rings. The van der Waals surface area contributed by atoms with Crippen LogP contribution in [0.3, 0.4) is 0 Å². The van der Waals surface area contributed by atoms with Crippen molar-refractivity contribution in [3.63, 3.8) is 0 Å². The Morgan fingerprint density at radius 3 is 2.45 bits per heavy atom. The SMILES string of the molecule is COc1ccc(NC(=O)Nc2cc3c(N[C@@H]4CC[C@H](C)C4(C)C)c(C(N)=O)cnn3c2)cc1. The molecule has 9 heteroatoms. The highest BCUT2D eigenvalue weighted by Gasteiger charge is 2.41. The first-order chi connectivity index (χ1) is 15.7. The number of urea groups is 1. The third-order valence-electron chi connectivity index (χ3n) is 6.88. The molecule has 1 aliphatic rings. The molecule has 2 atom stereocenters. The van der Waals surface area contributed by atoms with Gasteiger partial charge in [-0.1, -0.05) is 20.8 Å². The molecule has 1 aromatic carbocycles. The van der Waals surface area contributed by atoms with E-state index in [-0.39, 0.29) is 11.5 Å². The summed E-state index contributed by atoms with van der Waals surface area (Å²) in [5.74, 6) is 0.704. The van der Waals surface area contributed by atoms with Crippen molar-refractivity contribution in [1.29, 1.82) is 0 Å². The van der Waals surface area contributed by atoms with Crippen molar-refractivity contribution >= 4 is 34.5 Å². The summed E-state index contributed by atoms with van der Waals surface area (Å²) in [5, 5.41) is 13.5.